The number of carbonyl (C=O) groups excluding carboxylic acids is 2. The molecule has 2 aliphatic rings. The lowest BCUT2D eigenvalue weighted by molar-refractivity contribution is -0.112. The summed E-state index contributed by atoms with van der Waals surface area (Å²) in [6.45, 7) is 3.63. The van der Waals surface area contributed by atoms with Gasteiger partial charge in [0, 0.05) is 0 Å². The van der Waals surface area contributed by atoms with Gasteiger partial charge in [-0.05, 0) is 106 Å². The number of Topliss-reactive ketones (excluding diaryl/α,β-unsaturated/α-hetero) is 2. The van der Waals surface area contributed by atoms with Crippen LogP contribution in [0.5, 0.6) is 0 Å². The second kappa shape index (κ2) is 5.24. The molecule has 0 fully saturated rings. The third kappa shape index (κ3) is 2.59. The summed E-state index contributed by atoms with van der Waals surface area (Å²) in [6, 6.07) is 0. The average Bonchev–Trinajstić information content (AvgIpc) is 2.31. The van der Waals surface area contributed by atoms with E-state index in [1.165, 1.54) is 0 Å². The minimum Gasteiger partial charge on any atom is -0.289 e. The first-order valence-electron chi connectivity index (χ1n) is 5.35. The van der Waals surface area contributed by atoms with E-state index >= 15 is 0 Å². The molecule has 0 amide bonds. The predicted molar refractivity (Wildman–Crippen MR) is 88.8 cm³/mol. The molecule has 0 saturated heterocycles. The minimum atomic E-state index is 0.0637. The number of allylic oxidation sites excluding steroid dienone is 10. The van der Waals surface area contributed by atoms with Crippen molar-refractivity contribution in [3.63, 3.8) is 0 Å². The first-order valence-corrected chi connectivity index (χ1v) is 7.50. The zero-order chi connectivity index (χ0) is 13.4. The third-order valence-electron chi connectivity index (χ3n) is 2.79. The summed E-state index contributed by atoms with van der Waals surface area (Å²) < 4.78 is 1.41. The average molecular weight is 464 g/mol. The van der Waals surface area contributed by atoms with Crippen molar-refractivity contribution in [2.24, 2.45) is 0 Å². The second-order valence-corrected chi connectivity index (χ2v) is 6.53. The fraction of sp³-hybridized carbons (Fsp3) is 0.143. The van der Waals surface area contributed by atoms with Gasteiger partial charge in [0.15, 0.2) is 5.78 Å². The molecule has 0 aromatic rings. The van der Waals surface area contributed by atoms with Gasteiger partial charge in [0.25, 0.3) is 0 Å². The minimum absolute atomic E-state index is 0.0637. The number of rotatable bonds is 0. The Morgan fingerprint density at radius 2 is 1.11 bits per heavy atom. The maximum absolute atomic E-state index is 11.7. The highest BCUT2D eigenvalue weighted by Crippen LogP contribution is 2.31. The molecule has 0 unspecified atom stereocenters. The molecule has 4 heteroatoms. The highest BCUT2D eigenvalue weighted by atomic mass is 127. The van der Waals surface area contributed by atoms with Crippen LogP contribution in [0.2, 0.25) is 0 Å². The molecule has 0 aromatic carbocycles. The zero-order valence-electron chi connectivity index (χ0n) is 9.88. The van der Waals surface area contributed by atoms with Crippen LogP contribution in [0.25, 0.3) is 0 Å². The Kier molecular flexibility index (Phi) is 4.05. The molecule has 0 aliphatic heterocycles. The summed E-state index contributed by atoms with van der Waals surface area (Å²) in [5.74, 6) is 0.150. The smallest absolute Gasteiger partial charge is 0.205 e. The maximum Gasteiger partial charge on any atom is 0.205 e. The lowest BCUT2D eigenvalue weighted by Crippen LogP contribution is -2.08. The van der Waals surface area contributed by atoms with E-state index in [0.29, 0.717) is 7.16 Å². The Hall–Kier alpha value is -0.500. The summed E-state index contributed by atoms with van der Waals surface area (Å²) in [5, 5.41) is 0. The lowest BCUT2D eigenvalue weighted by atomic mass is 9.91. The molecule has 2 nitrogen and oxygen atoms in total. The molecule has 0 N–H and O–H groups in total. The number of ketones is 2. The van der Waals surface area contributed by atoms with E-state index in [1.54, 1.807) is 0 Å². The Morgan fingerprint density at radius 1 is 0.722 bits per heavy atom. The van der Waals surface area contributed by atoms with E-state index in [9.17, 15) is 9.59 Å². The number of carbonyl (C=O) groups is 2. The summed E-state index contributed by atoms with van der Waals surface area (Å²) in [4.78, 5) is 23.4. The van der Waals surface area contributed by atoms with E-state index in [0.717, 1.165) is 22.3 Å². The first-order chi connectivity index (χ1) is 8.40. The van der Waals surface area contributed by atoms with Gasteiger partial charge in [-0.3, -0.25) is 9.59 Å². The SMILES string of the molecule is CC1=CC(=C2C=C(I)C(=O)C(I)=C2)C=C(C)C1=O. The molecule has 0 heterocycles. The largest absolute Gasteiger partial charge is 0.289 e. The van der Waals surface area contributed by atoms with Gasteiger partial charge in [-0.15, -0.1) is 0 Å². The van der Waals surface area contributed by atoms with Crippen LogP contribution in [0, 0.1) is 0 Å². The van der Waals surface area contributed by atoms with Crippen LogP contribution in [0.1, 0.15) is 13.8 Å². The first kappa shape index (κ1) is 13.9. The van der Waals surface area contributed by atoms with E-state index in [2.05, 4.69) is 0 Å². The quantitative estimate of drug-likeness (QED) is 0.509. The standard InChI is InChI=1S/C14H10I2O2/c1-7-3-9(4-8(2)13(7)17)10-5-11(15)14(18)12(16)6-10/h3-6H,1-2H3. The molecule has 0 saturated carbocycles. The van der Waals surface area contributed by atoms with Crippen molar-refractivity contribution in [3.8, 4) is 0 Å². The number of hydrogen-bond donors (Lipinski definition) is 0. The van der Waals surface area contributed by atoms with Crippen LogP contribution in [-0.2, 0) is 9.59 Å². The molecule has 0 atom stereocenters. The normalized spacial score (nSPS) is 20.4. The van der Waals surface area contributed by atoms with Gasteiger partial charge in [-0.2, -0.15) is 0 Å². The Morgan fingerprint density at radius 3 is 1.56 bits per heavy atom. The van der Waals surface area contributed by atoms with Crippen molar-refractivity contribution in [2.75, 3.05) is 0 Å². The van der Waals surface area contributed by atoms with Crippen molar-refractivity contribution in [1.29, 1.82) is 0 Å². The molecule has 0 aromatic heterocycles. The molecule has 18 heavy (non-hydrogen) atoms. The van der Waals surface area contributed by atoms with Crippen molar-refractivity contribution >= 4 is 56.7 Å². The van der Waals surface area contributed by atoms with E-state index < -0.39 is 0 Å². The van der Waals surface area contributed by atoms with Gasteiger partial charge < -0.3 is 0 Å². The van der Waals surface area contributed by atoms with Gasteiger partial charge in [-0.1, -0.05) is 0 Å². The van der Waals surface area contributed by atoms with Crippen LogP contribution in [-0.4, -0.2) is 11.6 Å². The highest BCUT2D eigenvalue weighted by molar-refractivity contribution is 14.1. The maximum atomic E-state index is 11.7. The zero-order valence-corrected chi connectivity index (χ0v) is 14.2. The van der Waals surface area contributed by atoms with Crippen LogP contribution >= 0.6 is 45.2 Å². The fourth-order valence-electron chi connectivity index (χ4n) is 1.84. The molecule has 2 rings (SSSR count). The number of hydrogen-bond acceptors (Lipinski definition) is 2. The van der Waals surface area contributed by atoms with E-state index in [1.807, 2.05) is 83.3 Å². The predicted octanol–water partition coefficient (Wildman–Crippen LogP) is 3.98. The van der Waals surface area contributed by atoms with Gasteiger partial charge in [0.1, 0.15) is 0 Å². The summed E-state index contributed by atoms with van der Waals surface area (Å²) in [5.41, 5.74) is 3.44. The van der Waals surface area contributed by atoms with Gasteiger partial charge >= 0.3 is 0 Å². The molecule has 2 aliphatic carbocycles. The molecule has 92 valence electrons. The summed E-state index contributed by atoms with van der Waals surface area (Å²) >= 11 is 4.09. The van der Waals surface area contributed by atoms with Gasteiger partial charge in [-0.25, -0.2) is 0 Å². The van der Waals surface area contributed by atoms with Crippen LogP contribution in [0.4, 0.5) is 0 Å². The molecule has 0 radical (unpaired) electrons. The van der Waals surface area contributed by atoms with E-state index in [-0.39, 0.29) is 11.6 Å². The van der Waals surface area contributed by atoms with Crippen molar-refractivity contribution in [2.45, 2.75) is 13.8 Å². The monoisotopic (exact) mass is 464 g/mol. The van der Waals surface area contributed by atoms with Crippen LogP contribution in [0.15, 0.2) is 53.8 Å². The van der Waals surface area contributed by atoms with Crippen molar-refractivity contribution < 1.29 is 9.59 Å². The fourth-order valence-corrected chi connectivity index (χ4v) is 3.61. The second-order valence-electron chi connectivity index (χ2n) is 4.21. The molecule has 0 spiro atoms. The molecular weight excluding hydrogens is 454 g/mol. The van der Waals surface area contributed by atoms with E-state index in [4.69, 9.17) is 0 Å². The molecule has 0 bridgehead atoms. The van der Waals surface area contributed by atoms with Crippen LogP contribution in [0.3, 0.4) is 0 Å². The Bertz CT molecular complexity index is 512. The van der Waals surface area contributed by atoms with Crippen LogP contribution < -0.4 is 0 Å². The number of halogens is 2. The van der Waals surface area contributed by atoms with Crippen molar-refractivity contribution in [1.82, 2.24) is 0 Å². The summed E-state index contributed by atoms with van der Waals surface area (Å²) in [6.07, 6.45) is 7.48. The lowest BCUT2D eigenvalue weighted by Gasteiger charge is -2.14. The summed E-state index contributed by atoms with van der Waals surface area (Å²) in [7, 11) is 0. The topological polar surface area (TPSA) is 34.1 Å². The van der Waals surface area contributed by atoms with Crippen molar-refractivity contribution in [3.05, 3.63) is 53.8 Å². The van der Waals surface area contributed by atoms with Gasteiger partial charge in [0.05, 0.1) is 7.16 Å². The van der Waals surface area contributed by atoms with Gasteiger partial charge in [0.2, 0.25) is 5.78 Å². The Labute approximate surface area is 133 Å². The Balaban J connectivity index is 2.58. The molecular formula is C14H10I2O2. The highest BCUT2D eigenvalue weighted by Gasteiger charge is 2.19. The third-order valence-corrected chi connectivity index (χ3v) is 4.39.